The van der Waals surface area contributed by atoms with E-state index in [-0.39, 0.29) is 5.60 Å². The molecule has 0 saturated heterocycles. The maximum Gasteiger partial charge on any atom is 0.0991 e. The standard InChI is InChI=1S/C20H26N4O2/c1-15-5-6-16(11-19(15)24-8-7-21-14-24)18-12-17(22-23-18)13-25-9-10-26-20(2,3)4/h5-8,11-12,14H,9-10,13H2,1-4H3,(H,22,23). The number of hydrogen-bond acceptors (Lipinski definition) is 4. The lowest BCUT2D eigenvalue weighted by molar-refractivity contribution is -0.0380. The summed E-state index contributed by atoms with van der Waals surface area (Å²) in [6, 6.07) is 8.31. The van der Waals surface area contributed by atoms with Crippen LogP contribution in [0.3, 0.4) is 0 Å². The molecule has 3 aromatic rings. The molecule has 0 aliphatic heterocycles. The Morgan fingerprint density at radius 2 is 2.00 bits per heavy atom. The zero-order chi connectivity index (χ0) is 18.6. The van der Waals surface area contributed by atoms with Crippen molar-refractivity contribution in [2.75, 3.05) is 13.2 Å². The maximum atomic E-state index is 5.66. The van der Waals surface area contributed by atoms with Gasteiger partial charge in [0.2, 0.25) is 0 Å². The van der Waals surface area contributed by atoms with Gasteiger partial charge in [-0.3, -0.25) is 5.10 Å². The van der Waals surface area contributed by atoms with Crippen molar-refractivity contribution in [3.05, 3.63) is 54.2 Å². The fourth-order valence-electron chi connectivity index (χ4n) is 2.62. The summed E-state index contributed by atoms with van der Waals surface area (Å²) in [6.07, 6.45) is 5.52. The highest BCUT2D eigenvalue weighted by atomic mass is 16.5. The summed E-state index contributed by atoms with van der Waals surface area (Å²) >= 11 is 0. The number of nitrogens with zero attached hydrogens (tertiary/aromatic N) is 3. The van der Waals surface area contributed by atoms with Gasteiger partial charge in [0.1, 0.15) is 0 Å². The number of aromatic amines is 1. The smallest absolute Gasteiger partial charge is 0.0991 e. The second-order valence-corrected chi connectivity index (χ2v) is 7.26. The number of aryl methyl sites for hydroxylation is 1. The quantitative estimate of drug-likeness (QED) is 0.654. The summed E-state index contributed by atoms with van der Waals surface area (Å²) in [5.41, 5.74) is 5.04. The summed E-state index contributed by atoms with van der Waals surface area (Å²) in [4.78, 5) is 4.12. The lowest BCUT2D eigenvalue weighted by Gasteiger charge is -2.19. The molecule has 0 aliphatic rings. The van der Waals surface area contributed by atoms with E-state index in [4.69, 9.17) is 9.47 Å². The Bertz CT molecular complexity index is 832. The minimum atomic E-state index is -0.136. The maximum absolute atomic E-state index is 5.66. The molecule has 6 nitrogen and oxygen atoms in total. The first-order valence-electron chi connectivity index (χ1n) is 8.78. The second-order valence-electron chi connectivity index (χ2n) is 7.26. The molecule has 1 aromatic carbocycles. The molecular formula is C20H26N4O2. The number of H-pyrrole nitrogens is 1. The molecule has 26 heavy (non-hydrogen) atoms. The molecule has 0 fully saturated rings. The molecule has 0 atom stereocenters. The number of imidazole rings is 1. The van der Waals surface area contributed by atoms with Gasteiger partial charge in [-0.15, -0.1) is 0 Å². The first-order chi connectivity index (χ1) is 12.4. The van der Waals surface area contributed by atoms with E-state index in [1.165, 1.54) is 5.56 Å². The molecule has 0 unspecified atom stereocenters. The van der Waals surface area contributed by atoms with Gasteiger partial charge in [0.15, 0.2) is 0 Å². The van der Waals surface area contributed by atoms with Gasteiger partial charge in [0, 0.05) is 18.0 Å². The van der Waals surface area contributed by atoms with Crippen molar-refractivity contribution < 1.29 is 9.47 Å². The number of hydrogen-bond donors (Lipinski definition) is 1. The Labute approximate surface area is 154 Å². The Kier molecular flexibility index (Phi) is 5.54. The molecule has 0 bridgehead atoms. The zero-order valence-corrected chi connectivity index (χ0v) is 15.8. The normalized spacial score (nSPS) is 11.8. The molecule has 2 aromatic heterocycles. The van der Waals surface area contributed by atoms with Gasteiger partial charge in [0.25, 0.3) is 0 Å². The van der Waals surface area contributed by atoms with Gasteiger partial charge in [-0.25, -0.2) is 4.98 Å². The number of benzene rings is 1. The predicted octanol–water partition coefficient (Wildman–Crippen LogP) is 3.90. The molecule has 2 heterocycles. The predicted molar refractivity (Wildman–Crippen MR) is 101 cm³/mol. The first kappa shape index (κ1) is 18.4. The average molecular weight is 354 g/mol. The number of aromatic nitrogens is 4. The Hall–Kier alpha value is -2.44. The van der Waals surface area contributed by atoms with Gasteiger partial charge in [-0.1, -0.05) is 12.1 Å². The molecule has 6 heteroatoms. The minimum Gasteiger partial charge on any atom is -0.373 e. The molecule has 0 spiro atoms. The van der Waals surface area contributed by atoms with Crippen LogP contribution in [0.25, 0.3) is 16.9 Å². The Balaban J connectivity index is 1.62. The average Bonchev–Trinajstić information content (AvgIpc) is 3.25. The van der Waals surface area contributed by atoms with Crippen LogP contribution < -0.4 is 0 Å². The van der Waals surface area contributed by atoms with Crippen LogP contribution in [0.2, 0.25) is 0 Å². The summed E-state index contributed by atoms with van der Waals surface area (Å²) in [5.74, 6) is 0. The van der Waals surface area contributed by atoms with Crippen molar-refractivity contribution in [2.45, 2.75) is 39.9 Å². The van der Waals surface area contributed by atoms with E-state index in [1.807, 2.05) is 37.6 Å². The van der Waals surface area contributed by atoms with E-state index in [1.54, 1.807) is 12.5 Å². The molecule has 3 rings (SSSR count). The van der Waals surface area contributed by atoms with Crippen LogP contribution in [0.5, 0.6) is 0 Å². The van der Waals surface area contributed by atoms with E-state index in [0.717, 1.165) is 22.6 Å². The zero-order valence-electron chi connectivity index (χ0n) is 15.8. The van der Waals surface area contributed by atoms with Crippen molar-refractivity contribution in [1.82, 2.24) is 19.7 Å². The lowest BCUT2D eigenvalue weighted by atomic mass is 10.1. The van der Waals surface area contributed by atoms with Crippen LogP contribution in [0.4, 0.5) is 0 Å². The van der Waals surface area contributed by atoms with Crippen LogP contribution >= 0.6 is 0 Å². The van der Waals surface area contributed by atoms with E-state index in [2.05, 4.69) is 40.3 Å². The van der Waals surface area contributed by atoms with Crippen LogP contribution in [0.15, 0.2) is 43.0 Å². The minimum absolute atomic E-state index is 0.136. The Morgan fingerprint density at radius 1 is 1.15 bits per heavy atom. The van der Waals surface area contributed by atoms with Gasteiger partial charge in [-0.2, -0.15) is 5.10 Å². The van der Waals surface area contributed by atoms with Gasteiger partial charge >= 0.3 is 0 Å². The third kappa shape index (κ3) is 4.80. The van der Waals surface area contributed by atoms with Gasteiger partial charge in [-0.05, 0) is 45.4 Å². The molecule has 0 saturated carbocycles. The largest absolute Gasteiger partial charge is 0.373 e. The highest BCUT2D eigenvalue weighted by molar-refractivity contribution is 5.64. The van der Waals surface area contributed by atoms with Gasteiger partial charge in [0.05, 0.1) is 48.8 Å². The van der Waals surface area contributed by atoms with E-state index < -0.39 is 0 Å². The molecule has 0 radical (unpaired) electrons. The van der Waals surface area contributed by atoms with Crippen molar-refractivity contribution in [1.29, 1.82) is 0 Å². The molecular weight excluding hydrogens is 328 g/mol. The van der Waals surface area contributed by atoms with Crippen LogP contribution in [0.1, 0.15) is 32.0 Å². The number of nitrogens with one attached hydrogen (secondary N) is 1. The summed E-state index contributed by atoms with van der Waals surface area (Å²) in [5, 5.41) is 7.46. The van der Waals surface area contributed by atoms with Crippen molar-refractivity contribution in [2.24, 2.45) is 0 Å². The van der Waals surface area contributed by atoms with E-state index in [0.29, 0.717) is 19.8 Å². The topological polar surface area (TPSA) is 65.0 Å². The van der Waals surface area contributed by atoms with Crippen LogP contribution in [0, 0.1) is 6.92 Å². The highest BCUT2D eigenvalue weighted by Gasteiger charge is 2.10. The molecule has 138 valence electrons. The fraction of sp³-hybridized carbons (Fsp3) is 0.400. The van der Waals surface area contributed by atoms with Crippen molar-refractivity contribution in [3.63, 3.8) is 0 Å². The molecule has 0 amide bonds. The Morgan fingerprint density at radius 3 is 2.73 bits per heavy atom. The van der Waals surface area contributed by atoms with Crippen molar-refractivity contribution in [3.8, 4) is 16.9 Å². The third-order valence-corrected chi connectivity index (χ3v) is 3.94. The highest BCUT2D eigenvalue weighted by Crippen LogP contribution is 2.24. The first-order valence-corrected chi connectivity index (χ1v) is 8.78. The second kappa shape index (κ2) is 7.85. The molecule has 0 aliphatic carbocycles. The van der Waals surface area contributed by atoms with E-state index >= 15 is 0 Å². The molecule has 1 N–H and O–H groups in total. The number of rotatable bonds is 7. The van der Waals surface area contributed by atoms with Gasteiger partial charge < -0.3 is 14.0 Å². The lowest BCUT2D eigenvalue weighted by Crippen LogP contribution is -2.21. The van der Waals surface area contributed by atoms with Crippen molar-refractivity contribution >= 4 is 0 Å². The monoisotopic (exact) mass is 354 g/mol. The SMILES string of the molecule is Cc1ccc(-c2cc(COCCOC(C)(C)C)[nH]n2)cc1-n1ccnc1. The van der Waals surface area contributed by atoms with E-state index in [9.17, 15) is 0 Å². The third-order valence-electron chi connectivity index (χ3n) is 3.94. The van der Waals surface area contributed by atoms with Crippen LogP contribution in [-0.4, -0.2) is 38.6 Å². The number of ether oxygens (including phenoxy) is 2. The summed E-state index contributed by atoms with van der Waals surface area (Å²) in [7, 11) is 0. The van der Waals surface area contributed by atoms with Crippen LogP contribution in [-0.2, 0) is 16.1 Å². The summed E-state index contributed by atoms with van der Waals surface area (Å²) < 4.78 is 13.3. The summed E-state index contributed by atoms with van der Waals surface area (Å²) in [6.45, 7) is 9.82. The fourth-order valence-corrected chi connectivity index (χ4v) is 2.62.